The summed E-state index contributed by atoms with van der Waals surface area (Å²) >= 11 is 1.45. The molecule has 0 radical (unpaired) electrons. The van der Waals surface area contributed by atoms with Crippen molar-refractivity contribution < 1.29 is 14.4 Å². The molecule has 2 N–H and O–H groups in total. The number of carbonyl (C=O) groups is 3. The lowest BCUT2D eigenvalue weighted by Gasteiger charge is -2.21. The zero-order valence-electron chi connectivity index (χ0n) is 10.4. The molecule has 1 aromatic heterocycles. The third kappa shape index (κ3) is 2.39. The van der Waals surface area contributed by atoms with Gasteiger partial charge in [-0.3, -0.25) is 19.7 Å². The number of piperidine rings is 1. The van der Waals surface area contributed by atoms with E-state index in [4.69, 9.17) is 0 Å². The maximum absolute atomic E-state index is 12.1. The van der Waals surface area contributed by atoms with Crippen molar-refractivity contribution in [1.82, 2.24) is 15.6 Å². The SMILES string of the molecule is O=C1CCC(NC(=O)c2ccc3ncsc3c2)C(=O)N1. The highest BCUT2D eigenvalue weighted by molar-refractivity contribution is 7.16. The Bertz CT molecular complexity index is 710. The molecule has 3 rings (SSSR count). The Morgan fingerprint density at radius 2 is 2.25 bits per heavy atom. The quantitative estimate of drug-likeness (QED) is 0.802. The summed E-state index contributed by atoms with van der Waals surface area (Å²) in [6.07, 6.45) is 0.573. The van der Waals surface area contributed by atoms with E-state index >= 15 is 0 Å². The summed E-state index contributed by atoms with van der Waals surface area (Å²) in [5.74, 6) is -1.07. The number of rotatable bonds is 2. The summed E-state index contributed by atoms with van der Waals surface area (Å²) in [4.78, 5) is 38.9. The van der Waals surface area contributed by atoms with Crippen molar-refractivity contribution in [1.29, 1.82) is 0 Å². The molecule has 102 valence electrons. The molecule has 7 heteroatoms. The van der Waals surface area contributed by atoms with E-state index in [-0.39, 0.29) is 18.2 Å². The minimum Gasteiger partial charge on any atom is -0.340 e. The monoisotopic (exact) mass is 289 g/mol. The predicted octanol–water partition coefficient (Wildman–Crippen LogP) is 0.831. The Labute approximate surface area is 118 Å². The first-order valence-electron chi connectivity index (χ1n) is 6.11. The Kier molecular flexibility index (Phi) is 3.19. The number of nitrogens with zero attached hydrogens (tertiary/aromatic N) is 1. The number of carbonyl (C=O) groups excluding carboxylic acids is 3. The van der Waals surface area contributed by atoms with E-state index in [0.717, 1.165) is 10.2 Å². The summed E-state index contributed by atoms with van der Waals surface area (Å²) < 4.78 is 0.918. The fourth-order valence-corrected chi connectivity index (χ4v) is 2.79. The fraction of sp³-hybridized carbons (Fsp3) is 0.231. The summed E-state index contributed by atoms with van der Waals surface area (Å²) in [5.41, 5.74) is 3.03. The minimum atomic E-state index is -0.655. The number of thiazole rings is 1. The largest absolute Gasteiger partial charge is 0.340 e. The molecule has 1 aliphatic rings. The maximum Gasteiger partial charge on any atom is 0.251 e. The van der Waals surface area contributed by atoms with Crippen LogP contribution in [0, 0.1) is 0 Å². The van der Waals surface area contributed by atoms with E-state index < -0.39 is 11.9 Å². The highest BCUT2D eigenvalue weighted by Crippen LogP contribution is 2.19. The van der Waals surface area contributed by atoms with Gasteiger partial charge >= 0.3 is 0 Å². The molecule has 1 unspecified atom stereocenters. The van der Waals surface area contributed by atoms with Gasteiger partial charge < -0.3 is 5.32 Å². The third-order valence-electron chi connectivity index (χ3n) is 3.14. The highest BCUT2D eigenvalue weighted by atomic mass is 32.1. The van der Waals surface area contributed by atoms with Gasteiger partial charge in [0.1, 0.15) is 6.04 Å². The molecule has 0 saturated carbocycles. The van der Waals surface area contributed by atoms with E-state index in [1.807, 2.05) is 0 Å². The second-order valence-electron chi connectivity index (χ2n) is 4.51. The summed E-state index contributed by atoms with van der Waals surface area (Å²) in [6, 6.07) is 4.53. The number of fused-ring (bicyclic) bond motifs is 1. The first kappa shape index (κ1) is 12.7. The van der Waals surface area contributed by atoms with Gasteiger partial charge in [0.2, 0.25) is 11.8 Å². The molecule has 0 spiro atoms. The molecule has 1 saturated heterocycles. The van der Waals surface area contributed by atoms with Crippen molar-refractivity contribution in [2.75, 3.05) is 0 Å². The molecular weight excluding hydrogens is 278 g/mol. The molecule has 2 heterocycles. The third-order valence-corrected chi connectivity index (χ3v) is 3.93. The summed E-state index contributed by atoms with van der Waals surface area (Å²) in [7, 11) is 0. The molecule has 1 aliphatic heterocycles. The molecule has 1 fully saturated rings. The van der Waals surface area contributed by atoms with Crippen molar-refractivity contribution in [3.63, 3.8) is 0 Å². The molecule has 2 aromatic rings. The van der Waals surface area contributed by atoms with Crippen LogP contribution < -0.4 is 10.6 Å². The number of hydrogen-bond acceptors (Lipinski definition) is 5. The van der Waals surface area contributed by atoms with Crippen molar-refractivity contribution >= 4 is 39.3 Å². The van der Waals surface area contributed by atoms with Crippen LogP contribution in [0.15, 0.2) is 23.7 Å². The maximum atomic E-state index is 12.1. The fourth-order valence-electron chi connectivity index (χ4n) is 2.07. The number of amides is 3. The van der Waals surface area contributed by atoms with Crippen molar-refractivity contribution in [3.05, 3.63) is 29.3 Å². The first-order chi connectivity index (χ1) is 9.63. The summed E-state index contributed by atoms with van der Waals surface area (Å²) in [6.45, 7) is 0. The van der Waals surface area contributed by atoms with Crippen LogP contribution in [0.1, 0.15) is 23.2 Å². The molecule has 3 amide bonds. The zero-order chi connectivity index (χ0) is 14.1. The van der Waals surface area contributed by atoms with Crippen molar-refractivity contribution in [2.45, 2.75) is 18.9 Å². The van der Waals surface area contributed by atoms with E-state index in [0.29, 0.717) is 12.0 Å². The van der Waals surface area contributed by atoms with E-state index in [2.05, 4.69) is 15.6 Å². The summed E-state index contributed by atoms with van der Waals surface area (Å²) in [5, 5.41) is 4.85. The van der Waals surface area contributed by atoms with Crippen LogP contribution in [0.3, 0.4) is 0 Å². The number of imide groups is 1. The smallest absolute Gasteiger partial charge is 0.251 e. The normalized spacial score (nSPS) is 18.9. The van der Waals surface area contributed by atoms with Gasteiger partial charge in [0.15, 0.2) is 0 Å². The second-order valence-corrected chi connectivity index (χ2v) is 5.40. The van der Waals surface area contributed by atoms with E-state index in [1.165, 1.54) is 11.3 Å². The van der Waals surface area contributed by atoms with Crippen molar-refractivity contribution in [3.8, 4) is 0 Å². The van der Waals surface area contributed by atoms with Gasteiger partial charge in [0.25, 0.3) is 5.91 Å². The van der Waals surface area contributed by atoms with E-state index in [1.54, 1.807) is 23.7 Å². The van der Waals surface area contributed by atoms with Crippen LogP contribution in [-0.4, -0.2) is 28.7 Å². The van der Waals surface area contributed by atoms with Crippen molar-refractivity contribution in [2.24, 2.45) is 0 Å². The standard InChI is InChI=1S/C13H11N3O3S/c17-11-4-3-9(13(19)16-11)15-12(18)7-1-2-8-10(5-7)20-6-14-8/h1-2,5-6,9H,3-4H2,(H,15,18)(H,16,17,19). The molecule has 1 atom stereocenters. The lowest BCUT2D eigenvalue weighted by atomic mass is 10.1. The Morgan fingerprint density at radius 3 is 3.05 bits per heavy atom. The first-order valence-corrected chi connectivity index (χ1v) is 6.99. The molecule has 6 nitrogen and oxygen atoms in total. The zero-order valence-corrected chi connectivity index (χ0v) is 11.2. The molecule has 20 heavy (non-hydrogen) atoms. The Balaban J connectivity index is 1.75. The van der Waals surface area contributed by atoms with Crippen LogP contribution in [0.5, 0.6) is 0 Å². The van der Waals surface area contributed by atoms with Gasteiger partial charge in [0, 0.05) is 12.0 Å². The van der Waals surface area contributed by atoms with Gasteiger partial charge in [-0.1, -0.05) is 0 Å². The van der Waals surface area contributed by atoms with E-state index in [9.17, 15) is 14.4 Å². The molecule has 0 bridgehead atoms. The lowest BCUT2D eigenvalue weighted by molar-refractivity contribution is -0.134. The Hall–Kier alpha value is -2.28. The van der Waals surface area contributed by atoms with Crippen LogP contribution in [-0.2, 0) is 9.59 Å². The molecular formula is C13H11N3O3S. The lowest BCUT2D eigenvalue weighted by Crippen LogP contribution is -2.52. The Morgan fingerprint density at radius 1 is 1.40 bits per heavy atom. The van der Waals surface area contributed by atoms with Gasteiger partial charge in [-0.25, -0.2) is 4.98 Å². The predicted molar refractivity (Wildman–Crippen MR) is 73.3 cm³/mol. The average Bonchev–Trinajstić information content (AvgIpc) is 2.89. The average molecular weight is 289 g/mol. The van der Waals surface area contributed by atoms with Crippen LogP contribution in [0.4, 0.5) is 0 Å². The number of nitrogens with one attached hydrogen (secondary N) is 2. The van der Waals surface area contributed by atoms with Crippen LogP contribution in [0.25, 0.3) is 10.2 Å². The number of hydrogen-bond donors (Lipinski definition) is 2. The number of aromatic nitrogens is 1. The number of benzene rings is 1. The van der Waals surface area contributed by atoms with Gasteiger partial charge in [-0.2, -0.15) is 0 Å². The minimum absolute atomic E-state index is 0.241. The van der Waals surface area contributed by atoms with Crippen LogP contribution >= 0.6 is 11.3 Å². The second kappa shape index (κ2) is 5.01. The van der Waals surface area contributed by atoms with Gasteiger partial charge in [-0.05, 0) is 24.6 Å². The van der Waals surface area contributed by atoms with Gasteiger partial charge in [0.05, 0.1) is 15.7 Å². The molecule has 1 aromatic carbocycles. The van der Waals surface area contributed by atoms with Gasteiger partial charge in [-0.15, -0.1) is 11.3 Å². The molecule has 0 aliphatic carbocycles. The van der Waals surface area contributed by atoms with Crippen LogP contribution in [0.2, 0.25) is 0 Å². The topological polar surface area (TPSA) is 88.2 Å². The highest BCUT2D eigenvalue weighted by Gasteiger charge is 2.28.